The van der Waals surface area contributed by atoms with Crippen molar-refractivity contribution in [1.29, 1.82) is 0 Å². The molecule has 0 amide bonds. The van der Waals surface area contributed by atoms with Gasteiger partial charge in [0.2, 0.25) is 5.82 Å². The summed E-state index contributed by atoms with van der Waals surface area (Å²) in [5.41, 5.74) is 3.81. The number of aromatic nitrogens is 4. The van der Waals surface area contributed by atoms with Crippen LogP contribution in [-0.2, 0) is 6.54 Å². The van der Waals surface area contributed by atoms with Crippen LogP contribution in [0, 0.1) is 0 Å². The molecule has 4 aromatic rings. The zero-order valence-electron chi connectivity index (χ0n) is 12.4. The fraction of sp³-hybridized carbons (Fsp3) is 0.118. The molecule has 2 aromatic heterocycles. The Morgan fingerprint density at radius 1 is 1.13 bits per heavy atom. The van der Waals surface area contributed by atoms with Crippen LogP contribution in [0.3, 0.4) is 0 Å². The largest absolute Gasteiger partial charge is 0.334 e. The summed E-state index contributed by atoms with van der Waals surface area (Å²) in [5.74, 6) is 1.06. The van der Waals surface area contributed by atoms with Crippen molar-refractivity contribution in [2.45, 2.75) is 13.5 Å². The standard InChI is InChI=1S/C17H13BrN4O/c1-2-22-10-19-14-9-11(6-7-15(14)22)16-20-17(23-21-16)12-4-3-5-13(18)8-12/h3-10H,2H2,1H3. The summed E-state index contributed by atoms with van der Waals surface area (Å²) in [6, 6.07) is 13.8. The lowest BCUT2D eigenvalue weighted by atomic mass is 10.2. The van der Waals surface area contributed by atoms with Crippen LogP contribution in [0.2, 0.25) is 0 Å². The molecule has 2 aromatic carbocycles. The molecule has 0 spiro atoms. The molecule has 114 valence electrons. The molecule has 0 saturated heterocycles. The second kappa shape index (κ2) is 5.62. The second-order valence-electron chi connectivity index (χ2n) is 5.17. The Bertz CT molecular complexity index is 989. The summed E-state index contributed by atoms with van der Waals surface area (Å²) < 4.78 is 8.46. The third kappa shape index (κ3) is 2.55. The fourth-order valence-electron chi connectivity index (χ4n) is 2.53. The Labute approximate surface area is 141 Å². The van der Waals surface area contributed by atoms with E-state index >= 15 is 0 Å². The predicted molar refractivity (Wildman–Crippen MR) is 91.8 cm³/mol. The average Bonchev–Trinajstić information content (AvgIpc) is 3.21. The third-order valence-electron chi connectivity index (χ3n) is 3.72. The zero-order valence-corrected chi connectivity index (χ0v) is 14.0. The molecule has 0 aliphatic rings. The van der Waals surface area contributed by atoms with Gasteiger partial charge in [0, 0.05) is 22.1 Å². The minimum Gasteiger partial charge on any atom is -0.334 e. The lowest BCUT2D eigenvalue weighted by Gasteiger charge is -1.99. The van der Waals surface area contributed by atoms with Crippen LogP contribution in [0.15, 0.2) is 57.8 Å². The number of benzene rings is 2. The summed E-state index contributed by atoms with van der Waals surface area (Å²) in [7, 11) is 0. The first-order valence-electron chi connectivity index (χ1n) is 7.29. The summed E-state index contributed by atoms with van der Waals surface area (Å²) in [6.07, 6.45) is 1.84. The van der Waals surface area contributed by atoms with E-state index in [1.807, 2.05) is 48.8 Å². The number of fused-ring (bicyclic) bond motifs is 1. The van der Waals surface area contributed by atoms with Crippen LogP contribution >= 0.6 is 15.9 Å². The van der Waals surface area contributed by atoms with Gasteiger partial charge < -0.3 is 9.09 Å². The Balaban J connectivity index is 1.74. The number of nitrogens with zero attached hydrogens (tertiary/aromatic N) is 4. The number of hydrogen-bond acceptors (Lipinski definition) is 4. The van der Waals surface area contributed by atoms with E-state index in [0.29, 0.717) is 11.7 Å². The summed E-state index contributed by atoms with van der Waals surface area (Å²) >= 11 is 3.45. The highest BCUT2D eigenvalue weighted by molar-refractivity contribution is 9.10. The maximum absolute atomic E-state index is 5.39. The van der Waals surface area contributed by atoms with Gasteiger partial charge in [0.25, 0.3) is 5.89 Å². The molecule has 0 radical (unpaired) electrons. The molecule has 0 bridgehead atoms. The van der Waals surface area contributed by atoms with Gasteiger partial charge in [0.05, 0.1) is 17.4 Å². The quantitative estimate of drug-likeness (QED) is 0.532. The highest BCUT2D eigenvalue weighted by Gasteiger charge is 2.12. The third-order valence-corrected chi connectivity index (χ3v) is 4.21. The lowest BCUT2D eigenvalue weighted by molar-refractivity contribution is 0.432. The molecule has 4 rings (SSSR count). The van der Waals surface area contributed by atoms with Gasteiger partial charge in [-0.1, -0.05) is 27.2 Å². The molecule has 0 aliphatic carbocycles. The lowest BCUT2D eigenvalue weighted by Crippen LogP contribution is -1.90. The van der Waals surface area contributed by atoms with E-state index in [-0.39, 0.29) is 0 Å². The number of halogens is 1. The van der Waals surface area contributed by atoms with Gasteiger partial charge in [-0.25, -0.2) is 4.98 Å². The van der Waals surface area contributed by atoms with Crippen LogP contribution in [0.4, 0.5) is 0 Å². The molecule has 5 nitrogen and oxygen atoms in total. The van der Waals surface area contributed by atoms with Crippen LogP contribution in [0.25, 0.3) is 33.9 Å². The number of hydrogen-bond donors (Lipinski definition) is 0. The molecule has 0 fully saturated rings. The zero-order chi connectivity index (χ0) is 15.8. The molecule has 0 saturated carbocycles. The topological polar surface area (TPSA) is 56.7 Å². The van der Waals surface area contributed by atoms with E-state index < -0.39 is 0 Å². The monoisotopic (exact) mass is 368 g/mol. The Morgan fingerprint density at radius 3 is 2.87 bits per heavy atom. The van der Waals surface area contributed by atoms with Gasteiger partial charge in [0.15, 0.2) is 0 Å². The van der Waals surface area contributed by atoms with Crippen molar-refractivity contribution in [1.82, 2.24) is 19.7 Å². The van der Waals surface area contributed by atoms with E-state index in [1.54, 1.807) is 0 Å². The highest BCUT2D eigenvalue weighted by atomic mass is 79.9. The maximum atomic E-state index is 5.39. The normalized spacial score (nSPS) is 11.2. The predicted octanol–water partition coefficient (Wildman–Crippen LogP) is 4.54. The minimum absolute atomic E-state index is 0.500. The smallest absolute Gasteiger partial charge is 0.258 e. The first kappa shape index (κ1) is 14.1. The Kier molecular flexibility index (Phi) is 3.46. The van der Waals surface area contributed by atoms with E-state index in [2.05, 4.69) is 42.5 Å². The summed E-state index contributed by atoms with van der Waals surface area (Å²) in [6.45, 7) is 2.99. The average molecular weight is 369 g/mol. The van der Waals surface area contributed by atoms with Gasteiger partial charge in [-0.05, 0) is 43.3 Å². The number of aryl methyl sites for hydroxylation is 1. The van der Waals surface area contributed by atoms with E-state index in [1.165, 1.54) is 0 Å². The molecule has 23 heavy (non-hydrogen) atoms. The van der Waals surface area contributed by atoms with Crippen molar-refractivity contribution in [3.05, 3.63) is 53.3 Å². The van der Waals surface area contributed by atoms with E-state index in [9.17, 15) is 0 Å². The Morgan fingerprint density at radius 2 is 2.04 bits per heavy atom. The first-order valence-corrected chi connectivity index (χ1v) is 8.09. The van der Waals surface area contributed by atoms with Gasteiger partial charge in [0.1, 0.15) is 0 Å². The molecule has 6 heteroatoms. The SMILES string of the molecule is CCn1cnc2cc(-c3noc(-c4cccc(Br)c4)n3)ccc21. The van der Waals surface area contributed by atoms with Crippen LogP contribution in [0.5, 0.6) is 0 Å². The summed E-state index contributed by atoms with van der Waals surface area (Å²) in [5, 5.41) is 4.09. The van der Waals surface area contributed by atoms with Gasteiger partial charge in [-0.2, -0.15) is 4.98 Å². The highest BCUT2D eigenvalue weighted by Crippen LogP contribution is 2.26. The number of rotatable bonds is 3. The molecular formula is C17H13BrN4O. The molecule has 0 atom stereocenters. The van der Waals surface area contributed by atoms with Crippen molar-refractivity contribution >= 4 is 27.0 Å². The van der Waals surface area contributed by atoms with Gasteiger partial charge in [-0.3, -0.25) is 0 Å². The van der Waals surface area contributed by atoms with Crippen molar-refractivity contribution in [2.24, 2.45) is 0 Å². The number of imidazole rings is 1. The van der Waals surface area contributed by atoms with Crippen LogP contribution in [-0.4, -0.2) is 19.7 Å². The van der Waals surface area contributed by atoms with E-state index in [4.69, 9.17) is 4.52 Å². The summed E-state index contributed by atoms with van der Waals surface area (Å²) in [4.78, 5) is 8.92. The first-order chi connectivity index (χ1) is 11.2. The molecule has 2 heterocycles. The molecule has 0 N–H and O–H groups in total. The fourth-order valence-corrected chi connectivity index (χ4v) is 2.93. The molecule has 0 unspecified atom stereocenters. The maximum Gasteiger partial charge on any atom is 0.258 e. The van der Waals surface area contributed by atoms with Crippen LogP contribution in [0.1, 0.15) is 6.92 Å². The minimum atomic E-state index is 0.500. The second-order valence-corrected chi connectivity index (χ2v) is 6.08. The van der Waals surface area contributed by atoms with Crippen LogP contribution < -0.4 is 0 Å². The van der Waals surface area contributed by atoms with Crippen molar-refractivity contribution in [3.63, 3.8) is 0 Å². The van der Waals surface area contributed by atoms with E-state index in [0.717, 1.165) is 33.2 Å². The van der Waals surface area contributed by atoms with Gasteiger partial charge >= 0.3 is 0 Å². The van der Waals surface area contributed by atoms with Crippen molar-refractivity contribution < 1.29 is 4.52 Å². The van der Waals surface area contributed by atoms with Gasteiger partial charge in [-0.15, -0.1) is 0 Å². The molecule has 0 aliphatic heterocycles. The van der Waals surface area contributed by atoms with Crippen molar-refractivity contribution in [2.75, 3.05) is 0 Å². The Hall–Kier alpha value is -2.47. The van der Waals surface area contributed by atoms with Crippen molar-refractivity contribution in [3.8, 4) is 22.8 Å². The molecular weight excluding hydrogens is 356 g/mol.